The van der Waals surface area contributed by atoms with Crippen LogP contribution in [-0.2, 0) is 4.79 Å². The van der Waals surface area contributed by atoms with E-state index >= 15 is 0 Å². The molecule has 2 amide bonds. The number of methoxy groups -OCH3 is 2. The monoisotopic (exact) mass is 465 g/mol. The molecule has 34 heavy (non-hydrogen) atoms. The summed E-state index contributed by atoms with van der Waals surface area (Å²) in [6.45, 7) is 0. The Hall–Kier alpha value is -4.73. The minimum absolute atomic E-state index is 0.0603. The number of amides is 2. The molecule has 0 fully saturated rings. The van der Waals surface area contributed by atoms with Crippen LogP contribution in [0, 0.1) is 15.9 Å². The number of nitrogens with zero attached hydrogens (tertiary/aromatic N) is 1. The zero-order valence-corrected chi connectivity index (χ0v) is 18.2. The van der Waals surface area contributed by atoms with Crippen molar-refractivity contribution < 1.29 is 28.4 Å². The average molecular weight is 465 g/mol. The number of benzene rings is 3. The number of carbonyl (C=O) groups is 2. The molecule has 0 atom stereocenters. The zero-order valence-electron chi connectivity index (χ0n) is 18.2. The summed E-state index contributed by atoms with van der Waals surface area (Å²) in [6, 6.07) is 15.2. The molecule has 0 aliphatic rings. The minimum Gasteiger partial charge on any atom is -0.497 e. The van der Waals surface area contributed by atoms with Crippen molar-refractivity contribution in [3.05, 3.63) is 99.5 Å². The summed E-state index contributed by atoms with van der Waals surface area (Å²) in [5.41, 5.74) is 0.517. The lowest BCUT2D eigenvalue weighted by molar-refractivity contribution is -0.384. The van der Waals surface area contributed by atoms with Gasteiger partial charge < -0.3 is 20.1 Å². The number of nitro groups is 1. The molecule has 2 N–H and O–H groups in total. The number of hydrogen-bond donors (Lipinski definition) is 2. The lowest BCUT2D eigenvalue weighted by Crippen LogP contribution is -2.30. The predicted octanol–water partition coefficient (Wildman–Crippen LogP) is 4.16. The third-order valence-electron chi connectivity index (χ3n) is 4.67. The summed E-state index contributed by atoms with van der Waals surface area (Å²) in [5, 5.41) is 16.1. The van der Waals surface area contributed by atoms with Crippen LogP contribution in [0.4, 0.5) is 15.8 Å². The first-order chi connectivity index (χ1) is 16.3. The van der Waals surface area contributed by atoms with Gasteiger partial charge in [-0.15, -0.1) is 0 Å². The number of ether oxygens (including phenoxy) is 2. The van der Waals surface area contributed by atoms with Crippen molar-refractivity contribution in [3.63, 3.8) is 0 Å². The molecule has 0 radical (unpaired) electrons. The highest BCUT2D eigenvalue weighted by molar-refractivity contribution is 6.11. The molecule has 174 valence electrons. The van der Waals surface area contributed by atoms with Gasteiger partial charge in [-0.2, -0.15) is 0 Å². The quantitative estimate of drug-likeness (QED) is 0.293. The second-order valence-corrected chi connectivity index (χ2v) is 6.89. The number of anilines is 1. The number of nitro benzene ring substituents is 1. The molecular weight excluding hydrogens is 445 g/mol. The molecule has 0 unspecified atom stereocenters. The normalized spacial score (nSPS) is 10.9. The average Bonchev–Trinajstić information content (AvgIpc) is 2.84. The summed E-state index contributed by atoms with van der Waals surface area (Å²) in [6.07, 6.45) is 1.37. The highest BCUT2D eigenvalue weighted by Gasteiger charge is 2.18. The Balaban J connectivity index is 1.91. The van der Waals surface area contributed by atoms with E-state index in [1.165, 1.54) is 68.8 Å². The molecule has 10 heteroatoms. The predicted molar refractivity (Wildman–Crippen MR) is 123 cm³/mol. The SMILES string of the molecule is COc1ccc(C(=O)NC(=Cc2ccc(F)cc2)C(=O)Nc2ccc([N+](=O)[O-])cc2OC)cc1. The van der Waals surface area contributed by atoms with Gasteiger partial charge >= 0.3 is 0 Å². The number of nitrogens with one attached hydrogen (secondary N) is 2. The van der Waals surface area contributed by atoms with Gasteiger partial charge in [-0.05, 0) is 54.1 Å². The van der Waals surface area contributed by atoms with Crippen LogP contribution in [-0.4, -0.2) is 31.0 Å². The number of halogens is 1. The lowest BCUT2D eigenvalue weighted by Gasteiger charge is -2.13. The molecule has 3 aromatic carbocycles. The molecule has 0 bridgehead atoms. The largest absolute Gasteiger partial charge is 0.497 e. The maximum Gasteiger partial charge on any atom is 0.273 e. The summed E-state index contributed by atoms with van der Waals surface area (Å²) in [5.74, 6) is -1.13. The van der Waals surface area contributed by atoms with Gasteiger partial charge in [0.15, 0.2) is 0 Å². The van der Waals surface area contributed by atoms with E-state index in [0.29, 0.717) is 11.3 Å². The van der Waals surface area contributed by atoms with Crippen LogP contribution in [0.3, 0.4) is 0 Å². The first-order valence-corrected chi connectivity index (χ1v) is 9.87. The van der Waals surface area contributed by atoms with Crippen LogP contribution in [0.5, 0.6) is 11.5 Å². The first-order valence-electron chi connectivity index (χ1n) is 9.87. The maximum atomic E-state index is 13.3. The summed E-state index contributed by atoms with van der Waals surface area (Å²) in [4.78, 5) is 36.2. The molecule has 0 saturated carbocycles. The first kappa shape index (κ1) is 23.9. The third-order valence-corrected chi connectivity index (χ3v) is 4.67. The van der Waals surface area contributed by atoms with E-state index in [-0.39, 0.29) is 28.4 Å². The van der Waals surface area contributed by atoms with E-state index in [1.807, 2.05) is 0 Å². The zero-order chi connectivity index (χ0) is 24.7. The van der Waals surface area contributed by atoms with Gasteiger partial charge in [0.05, 0.1) is 30.9 Å². The number of carbonyl (C=O) groups excluding carboxylic acids is 2. The van der Waals surface area contributed by atoms with Gasteiger partial charge in [-0.25, -0.2) is 4.39 Å². The fraction of sp³-hybridized carbons (Fsp3) is 0.0833. The van der Waals surface area contributed by atoms with Crippen molar-refractivity contribution in [3.8, 4) is 11.5 Å². The second-order valence-electron chi connectivity index (χ2n) is 6.89. The van der Waals surface area contributed by atoms with E-state index in [2.05, 4.69) is 10.6 Å². The van der Waals surface area contributed by atoms with Crippen molar-refractivity contribution in [2.24, 2.45) is 0 Å². The van der Waals surface area contributed by atoms with Gasteiger partial charge in [-0.1, -0.05) is 12.1 Å². The topological polar surface area (TPSA) is 120 Å². The highest BCUT2D eigenvalue weighted by Crippen LogP contribution is 2.29. The van der Waals surface area contributed by atoms with E-state index in [1.54, 1.807) is 12.1 Å². The fourth-order valence-electron chi connectivity index (χ4n) is 2.91. The van der Waals surface area contributed by atoms with Crippen molar-refractivity contribution in [1.29, 1.82) is 0 Å². The van der Waals surface area contributed by atoms with Crippen LogP contribution in [0.25, 0.3) is 6.08 Å². The Morgan fingerprint density at radius 2 is 1.65 bits per heavy atom. The Morgan fingerprint density at radius 3 is 2.24 bits per heavy atom. The highest BCUT2D eigenvalue weighted by atomic mass is 19.1. The van der Waals surface area contributed by atoms with Gasteiger partial charge in [0.2, 0.25) is 0 Å². The van der Waals surface area contributed by atoms with Gasteiger partial charge in [0, 0.05) is 11.6 Å². The molecule has 0 aliphatic heterocycles. The molecule has 0 aromatic heterocycles. The Kier molecular flexibility index (Phi) is 7.55. The Bertz CT molecular complexity index is 1240. The number of rotatable bonds is 8. The van der Waals surface area contributed by atoms with E-state index in [4.69, 9.17) is 9.47 Å². The molecule has 0 spiro atoms. The molecule has 0 saturated heterocycles. The molecule has 3 rings (SSSR count). The number of non-ortho nitro benzene ring substituents is 1. The lowest BCUT2D eigenvalue weighted by atomic mass is 10.1. The smallest absolute Gasteiger partial charge is 0.273 e. The Labute approximate surface area is 194 Å². The fourth-order valence-corrected chi connectivity index (χ4v) is 2.91. The Morgan fingerprint density at radius 1 is 0.971 bits per heavy atom. The third kappa shape index (κ3) is 5.94. The van der Waals surface area contributed by atoms with Crippen molar-refractivity contribution in [2.75, 3.05) is 19.5 Å². The molecule has 0 heterocycles. The van der Waals surface area contributed by atoms with Crippen LogP contribution in [0.1, 0.15) is 15.9 Å². The van der Waals surface area contributed by atoms with Crippen LogP contribution in [0.2, 0.25) is 0 Å². The minimum atomic E-state index is -0.724. The summed E-state index contributed by atoms with van der Waals surface area (Å²) >= 11 is 0. The van der Waals surface area contributed by atoms with Crippen molar-refractivity contribution in [2.45, 2.75) is 0 Å². The van der Waals surface area contributed by atoms with E-state index < -0.39 is 22.6 Å². The van der Waals surface area contributed by atoms with Crippen LogP contribution >= 0.6 is 0 Å². The molecule has 0 aliphatic carbocycles. The van der Waals surface area contributed by atoms with Crippen LogP contribution < -0.4 is 20.1 Å². The van der Waals surface area contributed by atoms with Crippen molar-refractivity contribution >= 4 is 29.3 Å². The number of hydrogen-bond acceptors (Lipinski definition) is 6. The second kappa shape index (κ2) is 10.7. The summed E-state index contributed by atoms with van der Waals surface area (Å²) in [7, 11) is 2.80. The standard InChI is InChI=1S/C24H20FN3O6/c1-33-19-10-5-16(6-11-19)23(29)27-21(13-15-3-7-17(25)8-4-15)24(30)26-20-12-9-18(28(31)32)14-22(20)34-2/h3-14H,1-2H3,(H,26,30)(H,27,29). The molecule has 3 aromatic rings. The van der Waals surface area contributed by atoms with Gasteiger partial charge in [-0.3, -0.25) is 19.7 Å². The van der Waals surface area contributed by atoms with E-state index in [0.717, 1.165) is 6.07 Å². The molecular formula is C24H20FN3O6. The van der Waals surface area contributed by atoms with Gasteiger partial charge in [0.25, 0.3) is 17.5 Å². The maximum absolute atomic E-state index is 13.3. The van der Waals surface area contributed by atoms with Crippen molar-refractivity contribution in [1.82, 2.24) is 5.32 Å². The van der Waals surface area contributed by atoms with E-state index in [9.17, 15) is 24.1 Å². The molecule has 9 nitrogen and oxygen atoms in total. The summed E-state index contributed by atoms with van der Waals surface area (Å²) < 4.78 is 23.5. The van der Waals surface area contributed by atoms with Gasteiger partial charge in [0.1, 0.15) is 23.0 Å². The van der Waals surface area contributed by atoms with Crippen LogP contribution in [0.15, 0.2) is 72.4 Å².